The maximum absolute atomic E-state index is 12.0. The molecule has 0 aliphatic carbocycles. The molecule has 2 heterocycles. The van der Waals surface area contributed by atoms with Crippen molar-refractivity contribution in [1.82, 2.24) is 15.0 Å². The number of rotatable bonds is 6. The molecule has 0 aliphatic heterocycles. The van der Waals surface area contributed by atoms with Crippen LogP contribution in [-0.4, -0.2) is 20.7 Å². The summed E-state index contributed by atoms with van der Waals surface area (Å²) >= 11 is 0. The summed E-state index contributed by atoms with van der Waals surface area (Å²) in [7, 11) is 0. The molecule has 5 nitrogen and oxygen atoms in total. The Hall–Kier alpha value is -4.12. The van der Waals surface area contributed by atoms with Crippen LogP contribution in [0.5, 0.6) is 11.6 Å². The van der Waals surface area contributed by atoms with Gasteiger partial charge in [0.2, 0.25) is 5.88 Å². The Morgan fingerprint density at radius 2 is 1.55 bits per heavy atom. The van der Waals surface area contributed by atoms with E-state index in [-0.39, 0.29) is 5.78 Å². The van der Waals surface area contributed by atoms with Crippen LogP contribution in [0.2, 0.25) is 0 Å². The van der Waals surface area contributed by atoms with E-state index in [1.54, 1.807) is 30.7 Å². The van der Waals surface area contributed by atoms with E-state index in [0.29, 0.717) is 11.6 Å². The Morgan fingerprint density at radius 3 is 2.31 bits per heavy atom. The molecular weight excluding hydrogens is 362 g/mol. The molecule has 4 aromatic rings. The van der Waals surface area contributed by atoms with Crippen LogP contribution in [0.15, 0.2) is 91.4 Å². The molecule has 0 aliphatic rings. The Morgan fingerprint density at radius 1 is 0.793 bits per heavy atom. The van der Waals surface area contributed by atoms with E-state index in [0.717, 1.165) is 22.2 Å². The van der Waals surface area contributed by atoms with Gasteiger partial charge in [0.1, 0.15) is 5.75 Å². The van der Waals surface area contributed by atoms with Crippen LogP contribution in [0.1, 0.15) is 11.1 Å². The molecule has 0 unspecified atom stereocenters. The molecule has 0 saturated heterocycles. The van der Waals surface area contributed by atoms with Crippen molar-refractivity contribution >= 4 is 29.0 Å². The molecule has 2 aromatic heterocycles. The van der Waals surface area contributed by atoms with Crippen molar-refractivity contribution in [2.75, 3.05) is 0 Å². The number of carbonyl (C=O) groups excluding carboxylic acids is 1. The molecule has 5 heteroatoms. The topological polar surface area (TPSA) is 65.0 Å². The van der Waals surface area contributed by atoms with E-state index in [2.05, 4.69) is 15.0 Å². The summed E-state index contributed by atoms with van der Waals surface area (Å²) in [6.07, 6.45) is 11.5. The lowest BCUT2D eigenvalue weighted by Crippen LogP contribution is -1.90. The van der Waals surface area contributed by atoms with Crippen molar-refractivity contribution in [3.05, 3.63) is 103 Å². The number of pyridine rings is 1. The molecule has 29 heavy (non-hydrogen) atoms. The van der Waals surface area contributed by atoms with E-state index in [4.69, 9.17) is 4.74 Å². The lowest BCUT2D eigenvalue weighted by Gasteiger charge is -2.05. The molecule has 0 fully saturated rings. The van der Waals surface area contributed by atoms with Crippen molar-refractivity contribution < 1.29 is 9.53 Å². The first-order valence-corrected chi connectivity index (χ1v) is 9.06. The number of para-hydroxylation sites is 2. The number of nitrogens with zero attached hydrogens (tertiary/aromatic N) is 3. The molecule has 0 saturated carbocycles. The van der Waals surface area contributed by atoms with Gasteiger partial charge in [-0.25, -0.2) is 9.97 Å². The largest absolute Gasteiger partial charge is 0.437 e. The average molecular weight is 379 g/mol. The van der Waals surface area contributed by atoms with E-state index >= 15 is 0 Å². The first-order chi connectivity index (χ1) is 14.3. The average Bonchev–Trinajstić information content (AvgIpc) is 2.78. The lowest BCUT2D eigenvalue weighted by atomic mass is 10.1. The van der Waals surface area contributed by atoms with Crippen LogP contribution in [0, 0.1) is 0 Å². The van der Waals surface area contributed by atoms with Crippen LogP contribution >= 0.6 is 0 Å². The monoisotopic (exact) mass is 379 g/mol. The molecule has 0 spiro atoms. The zero-order valence-corrected chi connectivity index (χ0v) is 15.5. The van der Waals surface area contributed by atoms with Gasteiger partial charge in [-0.05, 0) is 59.7 Å². The number of hydrogen-bond donors (Lipinski definition) is 0. The maximum atomic E-state index is 12.0. The van der Waals surface area contributed by atoms with Gasteiger partial charge in [-0.15, -0.1) is 0 Å². The number of benzene rings is 2. The second-order valence-corrected chi connectivity index (χ2v) is 6.22. The number of ketones is 1. The maximum Gasteiger partial charge on any atom is 0.238 e. The summed E-state index contributed by atoms with van der Waals surface area (Å²) in [6.45, 7) is 0. The molecule has 2 aromatic carbocycles. The molecular formula is C24H17N3O2. The Kier molecular flexibility index (Phi) is 5.48. The third kappa shape index (κ3) is 4.99. The van der Waals surface area contributed by atoms with Gasteiger partial charge in [-0.1, -0.05) is 36.4 Å². The highest BCUT2D eigenvalue weighted by Crippen LogP contribution is 2.21. The highest BCUT2D eigenvalue weighted by atomic mass is 16.5. The number of hydrogen-bond acceptors (Lipinski definition) is 5. The molecule has 4 rings (SSSR count). The van der Waals surface area contributed by atoms with Gasteiger partial charge < -0.3 is 4.74 Å². The minimum atomic E-state index is -0.0967. The third-order valence-corrected chi connectivity index (χ3v) is 4.09. The van der Waals surface area contributed by atoms with Crippen LogP contribution < -0.4 is 4.74 Å². The van der Waals surface area contributed by atoms with Gasteiger partial charge in [0.25, 0.3) is 0 Å². The van der Waals surface area contributed by atoms with Gasteiger partial charge in [0.15, 0.2) is 5.78 Å². The molecule has 0 amide bonds. The summed E-state index contributed by atoms with van der Waals surface area (Å²) in [5, 5.41) is 0. The van der Waals surface area contributed by atoms with Crippen LogP contribution in [0.25, 0.3) is 23.2 Å². The Balaban J connectivity index is 1.38. The second kappa shape index (κ2) is 8.71. The molecule has 0 N–H and O–H groups in total. The van der Waals surface area contributed by atoms with Gasteiger partial charge in [-0.3, -0.25) is 9.78 Å². The third-order valence-electron chi connectivity index (χ3n) is 4.09. The Bertz CT molecular complexity index is 1180. The minimum Gasteiger partial charge on any atom is -0.437 e. The fourth-order valence-corrected chi connectivity index (χ4v) is 2.64. The van der Waals surface area contributed by atoms with Crippen LogP contribution in [-0.2, 0) is 4.79 Å². The standard InChI is InChI=1S/C24H17N3O2/c28-20(12-8-19-4-3-15-25-16-19)11-7-18-9-13-21(14-10-18)29-24-17-26-22-5-1-2-6-23(22)27-24/h1-17H. The van der Waals surface area contributed by atoms with Gasteiger partial charge in [-0.2, -0.15) is 0 Å². The molecule has 0 radical (unpaired) electrons. The van der Waals surface area contributed by atoms with E-state index in [9.17, 15) is 4.79 Å². The van der Waals surface area contributed by atoms with Gasteiger partial charge in [0.05, 0.1) is 17.2 Å². The van der Waals surface area contributed by atoms with Crippen molar-refractivity contribution in [2.24, 2.45) is 0 Å². The number of ether oxygens (including phenoxy) is 1. The number of carbonyl (C=O) groups is 1. The first-order valence-electron chi connectivity index (χ1n) is 9.06. The minimum absolute atomic E-state index is 0.0967. The van der Waals surface area contributed by atoms with E-state index in [1.165, 1.54) is 12.2 Å². The van der Waals surface area contributed by atoms with Crippen LogP contribution in [0.4, 0.5) is 0 Å². The Labute approximate surface area is 168 Å². The summed E-state index contributed by atoms with van der Waals surface area (Å²) in [4.78, 5) is 24.8. The van der Waals surface area contributed by atoms with Gasteiger partial charge in [0, 0.05) is 12.4 Å². The summed E-state index contributed by atoms with van der Waals surface area (Å²) < 4.78 is 5.77. The zero-order valence-electron chi connectivity index (χ0n) is 15.5. The predicted molar refractivity (Wildman–Crippen MR) is 113 cm³/mol. The highest BCUT2D eigenvalue weighted by molar-refractivity contribution is 6.04. The molecule has 0 atom stereocenters. The number of fused-ring (bicyclic) bond motifs is 1. The summed E-state index contributed by atoms with van der Waals surface area (Å²) in [5.41, 5.74) is 3.38. The van der Waals surface area contributed by atoms with Crippen molar-refractivity contribution in [1.29, 1.82) is 0 Å². The normalized spacial score (nSPS) is 11.3. The van der Waals surface area contributed by atoms with Crippen molar-refractivity contribution in [2.45, 2.75) is 0 Å². The zero-order chi connectivity index (χ0) is 19.9. The van der Waals surface area contributed by atoms with Crippen molar-refractivity contribution in [3.8, 4) is 11.6 Å². The van der Waals surface area contributed by atoms with Gasteiger partial charge >= 0.3 is 0 Å². The summed E-state index contributed by atoms with van der Waals surface area (Å²) in [5.74, 6) is 0.984. The first kappa shape index (κ1) is 18.3. The predicted octanol–water partition coefficient (Wildman–Crippen LogP) is 5.11. The highest BCUT2D eigenvalue weighted by Gasteiger charge is 2.02. The number of allylic oxidation sites excluding steroid dienone is 2. The fraction of sp³-hybridized carbons (Fsp3) is 0. The smallest absolute Gasteiger partial charge is 0.238 e. The quantitative estimate of drug-likeness (QED) is 0.436. The molecule has 0 bridgehead atoms. The number of aromatic nitrogens is 3. The van der Waals surface area contributed by atoms with Crippen LogP contribution in [0.3, 0.4) is 0 Å². The van der Waals surface area contributed by atoms with E-state index in [1.807, 2.05) is 60.7 Å². The lowest BCUT2D eigenvalue weighted by molar-refractivity contribution is -0.110. The van der Waals surface area contributed by atoms with Crippen molar-refractivity contribution in [3.63, 3.8) is 0 Å². The van der Waals surface area contributed by atoms with E-state index < -0.39 is 0 Å². The molecule has 140 valence electrons. The SMILES string of the molecule is O=C(C=Cc1ccc(Oc2cnc3ccccc3n2)cc1)C=Cc1cccnc1. The fourth-order valence-electron chi connectivity index (χ4n) is 2.64. The summed E-state index contributed by atoms with van der Waals surface area (Å²) in [6, 6.07) is 18.7. The second-order valence-electron chi connectivity index (χ2n) is 6.22.